The minimum absolute atomic E-state index is 0.725. The first-order valence-corrected chi connectivity index (χ1v) is 15.1. The van der Waals surface area contributed by atoms with E-state index in [2.05, 4.69) is 139 Å². The fourth-order valence-electron chi connectivity index (χ4n) is 5.68. The largest absolute Gasteiger partial charge is 0.398 e. The molecule has 0 aliphatic rings. The predicted octanol–water partition coefficient (Wildman–Crippen LogP) is 11.5. The van der Waals surface area contributed by atoms with Gasteiger partial charge < -0.3 is 10.3 Å². The van der Waals surface area contributed by atoms with E-state index in [4.69, 9.17) is 5.73 Å². The molecule has 0 spiro atoms. The van der Waals surface area contributed by atoms with Crippen LogP contribution in [0.5, 0.6) is 0 Å². The summed E-state index contributed by atoms with van der Waals surface area (Å²) in [6, 6.07) is 26.3. The Kier molecular flexibility index (Phi) is 9.42. The lowest BCUT2D eigenvalue weighted by Gasteiger charge is -2.13. The first-order valence-electron chi connectivity index (χ1n) is 15.1. The Hall–Kier alpha value is -5.34. The standard InChI is InChI=1S/C42H40N2/c1-6-10-12-16-31-21-24-37-38-26-22-34-29-35(39(43)27-20-30(5)32(8-3)9-4)23-25-36(34)42(38)44(41(37)28-31)40-19-15-14-18-33(40)17-13-11-7-2/h6-29H,3,43H2,1-2,4-5H3/b10-6-,11-7-,16-12-,17-13-,30-20+,32-9+,39-27-. The number of para-hydroxylation sites is 1. The van der Waals surface area contributed by atoms with Crippen LogP contribution in [0.25, 0.3) is 56.1 Å². The number of nitrogens with zero attached hydrogens (tertiary/aromatic N) is 1. The molecule has 0 saturated carbocycles. The predicted molar refractivity (Wildman–Crippen MR) is 196 cm³/mol. The number of hydrogen-bond acceptors (Lipinski definition) is 1. The summed E-state index contributed by atoms with van der Waals surface area (Å²) in [6.07, 6.45) is 24.7. The second-order valence-electron chi connectivity index (χ2n) is 10.8. The molecular weight excluding hydrogens is 532 g/mol. The third-order valence-corrected chi connectivity index (χ3v) is 7.95. The van der Waals surface area contributed by atoms with Crippen LogP contribution in [0.1, 0.15) is 44.4 Å². The van der Waals surface area contributed by atoms with E-state index in [1.54, 1.807) is 0 Å². The normalized spacial score (nSPS) is 13.7. The summed E-state index contributed by atoms with van der Waals surface area (Å²) in [7, 11) is 0. The maximum absolute atomic E-state index is 6.60. The molecule has 0 atom stereocenters. The average Bonchev–Trinajstić information content (AvgIpc) is 3.38. The van der Waals surface area contributed by atoms with Gasteiger partial charge in [0, 0.05) is 21.9 Å². The number of benzene rings is 4. The second kappa shape index (κ2) is 13.8. The van der Waals surface area contributed by atoms with Crippen molar-refractivity contribution in [2.24, 2.45) is 5.73 Å². The summed E-state index contributed by atoms with van der Waals surface area (Å²) >= 11 is 0. The zero-order chi connectivity index (χ0) is 31.1. The number of nitrogens with two attached hydrogens (primary N) is 1. The second-order valence-corrected chi connectivity index (χ2v) is 10.8. The summed E-state index contributed by atoms with van der Waals surface area (Å²) in [4.78, 5) is 0. The maximum atomic E-state index is 6.60. The van der Waals surface area contributed by atoms with Crippen LogP contribution >= 0.6 is 0 Å². The molecule has 5 aromatic rings. The Balaban J connectivity index is 1.77. The van der Waals surface area contributed by atoms with Crippen LogP contribution in [-0.4, -0.2) is 4.57 Å². The van der Waals surface area contributed by atoms with Crippen molar-refractivity contribution in [2.45, 2.75) is 27.7 Å². The van der Waals surface area contributed by atoms with Crippen LogP contribution in [0.3, 0.4) is 0 Å². The SMILES string of the molecule is C=CC(=C\C)/C(C)=C/C=C(\N)c1ccc2c(ccc3c4ccc(/C=C\C=C/C)cc4n(-c4ccccc4/C=C\C=C/C)c23)c1. The van der Waals surface area contributed by atoms with Crippen LogP contribution in [-0.2, 0) is 0 Å². The summed E-state index contributed by atoms with van der Waals surface area (Å²) in [5.74, 6) is 0. The van der Waals surface area contributed by atoms with E-state index in [1.165, 1.54) is 27.2 Å². The highest BCUT2D eigenvalue weighted by molar-refractivity contribution is 6.19. The van der Waals surface area contributed by atoms with E-state index in [-0.39, 0.29) is 0 Å². The average molecular weight is 573 g/mol. The molecule has 2 heteroatoms. The lowest BCUT2D eigenvalue weighted by atomic mass is 10.0. The highest BCUT2D eigenvalue weighted by Crippen LogP contribution is 2.38. The van der Waals surface area contributed by atoms with Crippen LogP contribution in [0.4, 0.5) is 0 Å². The topological polar surface area (TPSA) is 30.9 Å². The molecule has 0 unspecified atom stereocenters. The Morgan fingerprint density at radius 2 is 1.48 bits per heavy atom. The highest BCUT2D eigenvalue weighted by atomic mass is 15.0. The highest BCUT2D eigenvalue weighted by Gasteiger charge is 2.17. The van der Waals surface area contributed by atoms with Crippen LogP contribution in [0.15, 0.2) is 151 Å². The summed E-state index contributed by atoms with van der Waals surface area (Å²) in [5, 5.41) is 4.78. The third kappa shape index (κ3) is 6.07. The van der Waals surface area contributed by atoms with Gasteiger partial charge in [-0.15, -0.1) is 0 Å². The van der Waals surface area contributed by atoms with Gasteiger partial charge in [-0.1, -0.05) is 128 Å². The molecule has 2 N–H and O–H groups in total. The minimum atomic E-state index is 0.725. The molecule has 2 nitrogen and oxygen atoms in total. The zero-order valence-corrected chi connectivity index (χ0v) is 26.1. The summed E-state index contributed by atoms with van der Waals surface area (Å²) in [5.41, 5.74) is 16.4. The van der Waals surface area contributed by atoms with Gasteiger partial charge in [0.2, 0.25) is 0 Å². The molecule has 218 valence electrons. The Bertz CT molecular complexity index is 2070. The molecule has 0 bridgehead atoms. The lowest BCUT2D eigenvalue weighted by Crippen LogP contribution is -1.98. The number of fused-ring (bicyclic) bond motifs is 5. The molecule has 0 aliphatic heterocycles. The van der Waals surface area contributed by atoms with Crippen LogP contribution in [0.2, 0.25) is 0 Å². The van der Waals surface area contributed by atoms with Crippen molar-refractivity contribution >= 4 is 50.4 Å². The van der Waals surface area contributed by atoms with Gasteiger partial charge in [0.05, 0.1) is 16.7 Å². The van der Waals surface area contributed by atoms with E-state index in [0.29, 0.717) is 0 Å². The van der Waals surface area contributed by atoms with Gasteiger partial charge in [-0.25, -0.2) is 0 Å². The fourth-order valence-corrected chi connectivity index (χ4v) is 5.68. The number of hydrogen-bond donors (Lipinski definition) is 1. The molecule has 1 aromatic heterocycles. The van der Waals surface area contributed by atoms with Gasteiger partial charge in [0.15, 0.2) is 0 Å². The molecular formula is C42H40N2. The summed E-state index contributed by atoms with van der Waals surface area (Å²) in [6.45, 7) is 12.1. The van der Waals surface area contributed by atoms with E-state index < -0.39 is 0 Å². The van der Waals surface area contributed by atoms with Gasteiger partial charge >= 0.3 is 0 Å². The van der Waals surface area contributed by atoms with Crippen LogP contribution < -0.4 is 5.73 Å². The lowest BCUT2D eigenvalue weighted by molar-refractivity contribution is 1.18. The van der Waals surface area contributed by atoms with Crippen molar-refractivity contribution in [3.63, 3.8) is 0 Å². The zero-order valence-electron chi connectivity index (χ0n) is 26.1. The Morgan fingerprint density at radius 3 is 2.23 bits per heavy atom. The molecule has 0 fully saturated rings. The molecule has 5 rings (SSSR count). The quantitative estimate of drug-likeness (QED) is 0.175. The Labute approximate surface area is 261 Å². The molecule has 4 aromatic carbocycles. The maximum Gasteiger partial charge on any atom is 0.0619 e. The Morgan fingerprint density at radius 1 is 0.750 bits per heavy atom. The van der Waals surface area contributed by atoms with Crippen molar-refractivity contribution in [2.75, 3.05) is 0 Å². The van der Waals surface area contributed by atoms with Crippen molar-refractivity contribution in [3.05, 3.63) is 168 Å². The van der Waals surface area contributed by atoms with Gasteiger partial charge in [0.25, 0.3) is 0 Å². The molecule has 0 amide bonds. The van der Waals surface area contributed by atoms with Gasteiger partial charge in [-0.3, -0.25) is 0 Å². The van der Waals surface area contributed by atoms with Crippen molar-refractivity contribution in [3.8, 4) is 5.69 Å². The first kappa shape index (κ1) is 30.1. The molecule has 0 saturated heterocycles. The molecule has 0 radical (unpaired) electrons. The van der Waals surface area contributed by atoms with E-state index in [1.807, 2.05) is 45.1 Å². The van der Waals surface area contributed by atoms with Gasteiger partial charge in [0.1, 0.15) is 0 Å². The smallest absolute Gasteiger partial charge is 0.0619 e. The van der Waals surface area contributed by atoms with E-state index >= 15 is 0 Å². The minimum Gasteiger partial charge on any atom is -0.398 e. The van der Waals surface area contributed by atoms with Crippen molar-refractivity contribution in [1.82, 2.24) is 4.57 Å². The molecule has 1 heterocycles. The van der Waals surface area contributed by atoms with Gasteiger partial charge in [-0.2, -0.15) is 0 Å². The van der Waals surface area contributed by atoms with E-state index in [0.717, 1.165) is 44.6 Å². The third-order valence-electron chi connectivity index (χ3n) is 7.95. The van der Waals surface area contributed by atoms with Crippen molar-refractivity contribution in [1.29, 1.82) is 0 Å². The first-order chi connectivity index (χ1) is 21.5. The monoisotopic (exact) mass is 572 g/mol. The van der Waals surface area contributed by atoms with Crippen molar-refractivity contribution < 1.29 is 0 Å². The number of allylic oxidation sites excluding steroid dienone is 12. The fraction of sp³-hybridized carbons (Fsp3) is 0.0952. The van der Waals surface area contributed by atoms with Crippen LogP contribution in [0, 0.1) is 0 Å². The molecule has 0 aliphatic carbocycles. The van der Waals surface area contributed by atoms with Gasteiger partial charge in [-0.05, 0) is 85.2 Å². The molecule has 44 heavy (non-hydrogen) atoms. The van der Waals surface area contributed by atoms with E-state index in [9.17, 15) is 0 Å². The number of rotatable bonds is 9. The summed E-state index contributed by atoms with van der Waals surface area (Å²) < 4.78 is 2.42. The number of aromatic nitrogens is 1.